The fourth-order valence-corrected chi connectivity index (χ4v) is 2.43. The average molecular weight is 307 g/mol. The summed E-state index contributed by atoms with van der Waals surface area (Å²) in [5, 5.41) is 14.8. The van der Waals surface area contributed by atoms with Crippen LogP contribution < -0.4 is 10.1 Å². The van der Waals surface area contributed by atoms with Gasteiger partial charge in [0.05, 0.1) is 0 Å². The van der Waals surface area contributed by atoms with Gasteiger partial charge in [-0.2, -0.15) is 4.52 Å². The number of ether oxygens (including phenoxy) is 1. The molecule has 108 valence electrons. The Kier molecular flexibility index (Phi) is 3.48. The standard InChI is InChI=1S/C12H10FN5O2S/c1-7-15-16-12-18(7)17-11(21-12)14-10(19)6-20-9-5-3-2-4-8(9)13/h2-5H,6H2,1H3,(H,14,17,19). The number of anilines is 1. The Balaban J connectivity index is 1.62. The van der Waals surface area contributed by atoms with E-state index in [9.17, 15) is 9.18 Å². The first-order valence-corrected chi connectivity index (χ1v) is 6.81. The minimum absolute atomic E-state index is 0.0293. The molecule has 0 saturated carbocycles. The van der Waals surface area contributed by atoms with Crippen molar-refractivity contribution in [2.45, 2.75) is 6.92 Å². The number of benzene rings is 1. The highest BCUT2D eigenvalue weighted by molar-refractivity contribution is 7.20. The Bertz CT molecular complexity index is 800. The highest BCUT2D eigenvalue weighted by Gasteiger charge is 2.12. The molecular weight excluding hydrogens is 297 g/mol. The third-order valence-electron chi connectivity index (χ3n) is 2.59. The Morgan fingerprint density at radius 2 is 2.24 bits per heavy atom. The molecule has 0 radical (unpaired) electrons. The quantitative estimate of drug-likeness (QED) is 0.792. The zero-order valence-electron chi connectivity index (χ0n) is 10.9. The minimum Gasteiger partial charge on any atom is -0.481 e. The van der Waals surface area contributed by atoms with E-state index >= 15 is 0 Å². The smallest absolute Gasteiger partial charge is 0.264 e. The average Bonchev–Trinajstić information content (AvgIpc) is 3.00. The Morgan fingerprint density at radius 3 is 3.00 bits per heavy atom. The zero-order valence-corrected chi connectivity index (χ0v) is 11.7. The summed E-state index contributed by atoms with van der Waals surface area (Å²) in [5.74, 6) is -0.286. The largest absolute Gasteiger partial charge is 0.481 e. The SMILES string of the molecule is Cc1nnc2sc(NC(=O)COc3ccccc3F)nn12. The second-order valence-corrected chi connectivity index (χ2v) is 5.07. The lowest BCUT2D eigenvalue weighted by molar-refractivity contribution is -0.118. The third-order valence-corrected chi connectivity index (χ3v) is 3.40. The van der Waals surface area contributed by atoms with Crippen molar-refractivity contribution in [1.29, 1.82) is 0 Å². The zero-order chi connectivity index (χ0) is 14.8. The molecule has 1 aromatic carbocycles. The number of nitrogens with zero attached hydrogens (tertiary/aromatic N) is 4. The summed E-state index contributed by atoms with van der Waals surface area (Å²) >= 11 is 1.19. The molecule has 3 aromatic rings. The maximum atomic E-state index is 13.3. The number of nitrogens with one attached hydrogen (secondary N) is 1. The third kappa shape index (κ3) is 2.82. The van der Waals surface area contributed by atoms with Crippen LogP contribution in [0.1, 0.15) is 5.82 Å². The van der Waals surface area contributed by atoms with Crippen LogP contribution in [0.3, 0.4) is 0 Å². The van der Waals surface area contributed by atoms with Crippen molar-refractivity contribution in [3.8, 4) is 5.75 Å². The predicted octanol–water partition coefficient (Wildman–Crippen LogP) is 1.65. The van der Waals surface area contributed by atoms with E-state index in [1.54, 1.807) is 19.1 Å². The van der Waals surface area contributed by atoms with Gasteiger partial charge in [-0.3, -0.25) is 10.1 Å². The molecule has 0 unspecified atom stereocenters. The molecule has 0 spiro atoms. The van der Waals surface area contributed by atoms with E-state index in [4.69, 9.17) is 4.74 Å². The second-order valence-electron chi connectivity index (χ2n) is 4.12. The van der Waals surface area contributed by atoms with E-state index in [1.807, 2.05) is 0 Å². The fourth-order valence-electron chi connectivity index (χ4n) is 1.63. The van der Waals surface area contributed by atoms with Crippen LogP contribution in [-0.4, -0.2) is 32.3 Å². The molecule has 2 aromatic heterocycles. The van der Waals surface area contributed by atoms with E-state index in [0.29, 0.717) is 15.9 Å². The summed E-state index contributed by atoms with van der Waals surface area (Å²) in [6.45, 7) is 1.45. The minimum atomic E-state index is -0.514. The molecular formula is C12H10FN5O2S. The summed E-state index contributed by atoms with van der Waals surface area (Å²) in [4.78, 5) is 12.3. The van der Waals surface area contributed by atoms with Gasteiger partial charge in [-0.05, 0) is 19.1 Å². The van der Waals surface area contributed by atoms with Crippen LogP contribution in [0.25, 0.3) is 4.96 Å². The van der Waals surface area contributed by atoms with E-state index in [2.05, 4.69) is 20.6 Å². The van der Waals surface area contributed by atoms with Crippen LogP contribution in [0.2, 0.25) is 0 Å². The van der Waals surface area contributed by atoms with Crippen molar-refractivity contribution in [1.82, 2.24) is 19.8 Å². The van der Waals surface area contributed by atoms with Crippen molar-refractivity contribution in [2.24, 2.45) is 0 Å². The van der Waals surface area contributed by atoms with Crippen LogP contribution >= 0.6 is 11.3 Å². The maximum Gasteiger partial charge on any atom is 0.264 e. The molecule has 7 nitrogen and oxygen atoms in total. The molecule has 0 bridgehead atoms. The van der Waals surface area contributed by atoms with Crippen molar-refractivity contribution in [2.75, 3.05) is 11.9 Å². The lowest BCUT2D eigenvalue weighted by Crippen LogP contribution is -2.20. The summed E-state index contributed by atoms with van der Waals surface area (Å²) in [7, 11) is 0. The molecule has 1 N–H and O–H groups in total. The lowest BCUT2D eigenvalue weighted by atomic mass is 10.3. The van der Waals surface area contributed by atoms with Gasteiger partial charge in [0.25, 0.3) is 5.91 Å². The highest BCUT2D eigenvalue weighted by Crippen LogP contribution is 2.19. The summed E-state index contributed by atoms with van der Waals surface area (Å²) in [5.41, 5.74) is 0. The van der Waals surface area contributed by atoms with Crippen LogP contribution in [0.4, 0.5) is 9.52 Å². The molecule has 2 heterocycles. The van der Waals surface area contributed by atoms with Gasteiger partial charge in [0.1, 0.15) is 0 Å². The van der Waals surface area contributed by atoms with Crippen LogP contribution in [0.5, 0.6) is 5.75 Å². The number of fused-ring (bicyclic) bond motifs is 1. The first-order chi connectivity index (χ1) is 10.1. The number of aromatic nitrogens is 4. The molecule has 0 aliphatic rings. The van der Waals surface area contributed by atoms with Gasteiger partial charge in [-0.15, -0.1) is 15.3 Å². The van der Waals surface area contributed by atoms with Gasteiger partial charge < -0.3 is 4.74 Å². The van der Waals surface area contributed by atoms with E-state index in [-0.39, 0.29) is 12.4 Å². The van der Waals surface area contributed by atoms with Crippen molar-refractivity contribution < 1.29 is 13.9 Å². The summed E-state index contributed by atoms with van der Waals surface area (Å²) in [6.07, 6.45) is 0. The molecule has 1 amide bonds. The number of amides is 1. The number of rotatable bonds is 4. The lowest BCUT2D eigenvalue weighted by Gasteiger charge is -2.06. The number of carbonyl (C=O) groups excluding carboxylic acids is 1. The number of hydrogen-bond donors (Lipinski definition) is 1. The van der Waals surface area contributed by atoms with Crippen LogP contribution in [0.15, 0.2) is 24.3 Å². The summed E-state index contributed by atoms with van der Waals surface area (Å²) < 4.78 is 20.0. The molecule has 0 aliphatic carbocycles. The van der Waals surface area contributed by atoms with Crippen LogP contribution in [0, 0.1) is 12.7 Å². The number of aryl methyl sites for hydroxylation is 1. The molecule has 9 heteroatoms. The van der Waals surface area contributed by atoms with Crippen molar-refractivity contribution >= 4 is 27.3 Å². The molecule has 3 rings (SSSR count). The first-order valence-electron chi connectivity index (χ1n) is 5.99. The molecule has 0 fully saturated rings. The number of para-hydroxylation sites is 1. The van der Waals surface area contributed by atoms with Crippen molar-refractivity contribution in [3.63, 3.8) is 0 Å². The molecule has 0 saturated heterocycles. The van der Waals surface area contributed by atoms with Gasteiger partial charge in [-0.25, -0.2) is 4.39 Å². The highest BCUT2D eigenvalue weighted by atomic mass is 32.1. The van der Waals surface area contributed by atoms with Gasteiger partial charge in [-0.1, -0.05) is 23.5 Å². The molecule has 0 aliphatic heterocycles. The monoisotopic (exact) mass is 307 g/mol. The van der Waals surface area contributed by atoms with Crippen molar-refractivity contribution in [3.05, 3.63) is 35.9 Å². The van der Waals surface area contributed by atoms with Crippen LogP contribution in [-0.2, 0) is 4.79 Å². The molecule has 0 atom stereocenters. The Hall–Kier alpha value is -2.55. The van der Waals surface area contributed by atoms with Gasteiger partial charge in [0, 0.05) is 0 Å². The Morgan fingerprint density at radius 1 is 1.43 bits per heavy atom. The van der Waals surface area contributed by atoms with Gasteiger partial charge in [0.15, 0.2) is 24.0 Å². The van der Waals surface area contributed by atoms with E-state index in [0.717, 1.165) is 0 Å². The second kappa shape index (κ2) is 5.44. The molecule has 21 heavy (non-hydrogen) atoms. The number of halogens is 1. The van der Waals surface area contributed by atoms with E-state index in [1.165, 1.54) is 28.0 Å². The summed E-state index contributed by atoms with van der Waals surface area (Å²) in [6, 6.07) is 5.89. The fraction of sp³-hybridized carbons (Fsp3) is 0.167. The Labute approximate surface area is 122 Å². The van der Waals surface area contributed by atoms with Gasteiger partial charge in [0.2, 0.25) is 10.1 Å². The van der Waals surface area contributed by atoms with E-state index < -0.39 is 11.7 Å². The first kappa shape index (κ1) is 13.4. The van der Waals surface area contributed by atoms with Gasteiger partial charge >= 0.3 is 0 Å². The topological polar surface area (TPSA) is 81.4 Å². The maximum absolute atomic E-state index is 13.3. The predicted molar refractivity (Wildman–Crippen MR) is 73.9 cm³/mol. The number of hydrogen-bond acceptors (Lipinski definition) is 6. The normalized spacial score (nSPS) is 10.8. The number of carbonyl (C=O) groups is 1.